The quantitative estimate of drug-likeness (QED) is 0.369. The Morgan fingerprint density at radius 3 is 2.64 bits per heavy atom. The maximum Gasteiger partial charge on any atom is 0.237 e. The van der Waals surface area contributed by atoms with Crippen LogP contribution in [-0.4, -0.2) is 107 Å². The van der Waals surface area contributed by atoms with Crippen molar-refractivity contribution in [1.82, 2.24) is 35.2 Å². The molecule has 44 heavy (non-hydrogen) atoms. The number of likely N-dealkylation sites (tertiary alicyclic amines) is 1. The first-order valence-corrected chi connectivity index (χ1v) is 15.8. The third-order valence-corrected chi connectivity index (χ3v) is 9.49. The molecule has 2 saturated heterocycles. The van der Waals surface area contributed by atoms with E-state index in [1.807, 2.05) is 35.2 Å². The maximum absolute atomic E-state index is 14.2. The van der Waals surface area contributed by atoms with Gasteiger partial charge in [0.15, 0.2) is 0 Å². The summed E-state index contributed by atoms with van der Waals surface area (Å²) in [4.78, 5) is 38.3. The zero-order valence-corrected chi connectivity index (χ0v) is 25.1. The summed E-state index contributed by atoms with van der Waals surface area (Å²) in [6.45, 7) is 7.39. The Labute approximate surface area is 257 Å². The number of hydrogen-bond donors (Lipinski definition) is 3. The van der Waals surface area contributed by atoms with Crippen LogP contribution >= 0.6 is 0 Å². The molecule has 3 N–H and O–H groups in total. The molecule has 1 atom stereocenters. The van der Waals surface area contributed by atoms with Crippen molar-refractivity contribution < 1.29 is 9.59 Å². The number of H-pyrrole nitrogens is 1. The molecule has 228 valence electrons. The summed E-state index contributed by atoms with van der Waals surface area (Å²) < 4.78 is 0. The van der Waals surface area contributed by atoms with Gasteiger partial charge in [-0.2, -0.15) is 5.10 Å². The first-order valence-electron chi connectivity index (χ1n) is 15.8. The van der Waals surface area contributed by atoms with E-state index in [4.69, 9.17) is 0 Å². The number of amides is 2. The van der Waals surface area contributed by atoms with Crippen molar-refractivity contribution in [3.05, 3.63) is 78.2 Å². The van der Waals surface area contributed by atoms with Crippen LogP contribution in [0.15, 0.2) is 78.2 Å². The summed E-state index contributed by atoms with van der Waals surface area (Å²) in [7, 11) is 0. The van der Waals surface area contributed by atoms with Crippen LogP contribution in [0.3, 0.4) is 0 Å². The number of anilines is 1. The lowest BCUT2D eigenvalue weighted by Gasteiger charge is -2.36. The second-order valence-corrected chi connectivity index (χ2v) is 12.4. The summed E-state index contributed by atoms with van der Waals surface area (Å²) in [5.74, 6) is 0.159. The first kappa shape index (κ1) is 28.6. The molecule has 10 nitrogen and oxygen atoms in total. The van der Waals surface area contributed by atoms with Crippen LogP contribution in [-0.2, 0) is 9.59 Å². The lowest BCUT2D eigenvalue weighted by molar-refractivity contribution is -0.132. The molecule has 0 saturated carbocycles. The monoisotopic (exact) mass is 592 g/mol. The Kier molecular flexibility index (Phi) is 8.12. The highest BCUT2D eigenvalue weighted by molar-refractivity contribution is 6.00. The Bertz CT molecular complexity index is 1620. The van der Waals surface area contributed by atoms with Crippen molar-refractivity contribution in [3.8, 4) is 11.3 Å². The van der Waals surface area contributed by atoms with Crippen LogP contribution in [0.25, 0.3) is 22.2 Å². The number of nitrogens with one attached hydrogen (secondary N) is 3. The average molecular weight is 593 g/mol. The summed E-state index contributed by atoms with van der Waals surface area (Å²) in [6.07, 6.45) is 14.9. The van der Waals surface area contributed by atoms with E-state index in [0.717, 1.165) is 86.4 Å². The minimum atomic E-state index is -0.604. The fourth-order valence-corrected chi connectivity index (χ4v) is 7.01. The number of pyridine rings is 1. The fourth-order valence-electron chi connectivity index (χ4n) is 7.01. The third-order valence-electron chi connectivity index (χ3n) is 9.49. The average Bonchev–Trinajstić information content (AvgIpc) is 3.83. The molecule has 1 aromatic carbocycles. The van der Waals surface area contributed by atoms with Gasteiger partial charge in [-0.15, -0.1) is 0 Å². The number of aromatic nitrogens is 3. The molecule has 0 bridgehead atoms. The van der Waals surface area contributed by atoms with Crippen LogP contribution in [0, 0.1) is 5.41 Å². The number of aromatic amines is 1. The predicted octanol–water partition coefficient (Wildman–Crippen LogP) is 3.21. The van der Waals surface area contributed by atoms with Gasteiger partial charge in [-0.05, 0) is 67.3 Å². The number of allylic oxidation sites excluding steroid dienone is 4. The molecule has 2 amide bonds. The molecule has 0 radical (unpaired) electrons. The summed E-state index contributed by atoms with van der Waals surface area (Å²) in [5.41, 5.74) is 5.50. The number of fused-ring (bicyclic) bond motifs is 1. The zero-order chi connectivity index (χ0) is 29.9. The van der Waals surface area contributed by atoms with E-state index in [9.17, 15) is 9.59 Å². The minimum absolute atomic E-state index is 0.0164. The maximum atomic E-state index is 14.2. The van der Waals surface area contributed by atoms with Crippen molar-refractivity contribution in [3.63, 3.8) is 0 Å². The highest BCUT2D eigenvalue weighted by atomic mass is 16.2. The molecule has 7 rings (SSSR count). The van der Waals surface area contributed by atoms with E-state index in [1.54, 1.807) is 12.4 Å². The summed E-state index contributed by atoms with van der Waals surface area (Å²) >= 11 is 0. The van der Waals surface area contributed by atoms with E-state index in [1.165, 1.54) is 11.1 Å². The van der Waals surface area contributed by atoms with Gasteiger partial charge in [-0.1, -0.05) is 24.3 Å². The Hall–Kier alpha value is -4.12. The highest BCUT2D eigenvalue weighted by Crippen LogP contribution is 2.35. The van der Waals surface area contributed by atoms with Crippen LogP contribution in [0.2, 0.25) is 0 Å². The van der Waals surface area contributed by atoms with Crippen LogP contribution < -0.4 is 10.6 Å². The highest BCUT2D eigenvalue weighted by Gasteiger charge is 2.46. The molecule has 0 spiro atoms. The van der Waals surface area contributed by atoms with Gasteiger partial charge in [-0.3, -0.25) is 29.5 Å². The lowest BCUT2D eigenvalue weighted by atomic mass is 9.84. The molecular formula is C34H40N8O2. The van der Waals surface area contributed by atoms with Crippen molar-refractivity contribution in [2.24, 2.45) is 5.41 Å². The smallest absolute Gasteiger partial charge is 0.237 e. The van der Waals surface area contributed by atoms with Gasteiger partial charge in [0.05, 0.1) is 17.5 Å². The second-order valence-electron chi connectivity index (χ2n) is 12.4. The van der Waals surface area contributed by atoms with Crippen molar-refractivity contribution in [2.75, 3.05) is 70.8 Å². The topological polar surface area (TPSA) is 109 Å². The molecule has 1 aliphatic carbocycles. The molecule has 3 aliphatic heterocycles. The van der Waals surface area contributed by atoms with E-state index in [0.29, 0.717) is 26.2 Å². The first-order chi connectivity index (χ1) is 21.6. The van der Waals surface area contributed by atoms with Gasteiger partial charge < -0.3 is 15.5 Å². The fraction of sp³-hybridized carbons (Fsp3) is 0.412. The minimum Gasteiger partial charge on any atom is -0.338 e. The SMILES string of the molecule is O=C(CN1CCC(CN2CCNCC2)(C(=O)Nc2ccc3[nH]nc(-c4ccncc4)c3c2)C1)N1CC=C(C2=CCC=C2)CC1. The molecule has 4 aliphatic rings. The van der Waals surface area contributed by atoms with Gasteiger partial charge in [0.2, 0.25) is 11.8 Å². The van der Waals surface area contributed by atoms with E-state index < -0.39 is 5.41 Å². The molecule has 1 unspecified atom stereocenters. The van der Waals surface area contributed by atoms with Crippen molar-refractivity contribution >= 4 is 28.4 Å². The summed E-state index contributed by atoms with van der Waals surface area (Å²) in [5, 5.41) is 15.3. The van der Waals surface area contributed by atoms with Crippen LogP contribution in [0.4, 0.5) is 5.69 Å². The Morgan fingerprint density at radius 2 is 1.86 bits per heavy atom. The molecular weight excluding hydrogens is 552 g/mol. The third kappa shape index (κ3) is 5.97. The number of hydrogen-bond acceptors (Lipinski definition) is 7. The van der Waals surface area contributed by atoms with Crippen molar-refractivity contribution in [2.45, 2.75) is 19.3 Å². The largest absolute Gasteiger partial charge is 0.338 e. The second kappa shape index (κ2) is 12.5. The molecule has 2 aromatic heterocycles. The van der Waals surface area contributed by atoms with Gasteiger partial charge in [0, 0.05) is 81.4 Å². The number of carbonyl (C=O) groups excluding carboxylic acids is 2. The van der Waals surface area contributed by atoms with Crippen LogP contribution in [0.5, 0.6) is 0 Å². The van der Waals surface area contributed by atoms with Gasteiger partial charge in [-0.25, -0.2) is 0 Å². The summed E-state index contributed by atoms with van der Waals surface area (Å²) in [6, 6.07) is 9.75. The Morgan fingerprint density at radius 1 is 1.00 bits per heavy atom. The van der Waals surface area contributed by atoms with Crippen LogP contribution in [0.1, 0.15) is 19.3 Å². The standard InChI is InChI=1S/C34H40N8O2/c43-31(42-16-9-26(10-17-42)25-3-1-2-4-25)22-41-18-11-34(24-41,23-40-19-14-36-15-20-40)33(44)37-28-5-6-30-29(21-28)32(39-38-30)27-7-12-35-13-8-27/h1,3-9,12-13,21,36H,2,10-11,14-20,22-24H2,(H,37,44)(H,38,39). The number of carbonyl (C=O) groups is 2. The number of nitrogens with zero attached hydrogens (tertiary/aromatic N) is 5. The van der Waals surface area contributed by atoms with E-state index >= 15 is 0 Å². The number of rotatable bonds is 8. The number of piperazine rings is 1. The molecule has 2 fully saturated rings. The molecule has 10 heteroatoms. The van der Waals surface area contributed by atoms with Gasteiger partial charge >= 0.3 is 0 Å². The lowest BCUT2D eigenvalue weighted by Crippen LogP contribution is -2.53. The van der Waals surface area contributed by atoms with E-state index in [-0.39, 0.29) is 11.8 Å². The molecule has 5 heterocycles. The van der Waals surface area contributed by atoms with Gasteiger partial charge in [0.25, 0.3) is 0 Å². The van der Waals surface area contributed by atoms with E-state index in [2.05, 4.69) is 59.9 Å². The predicted molar refractivity (Wildman–Crippen MR) is 172 cm³/mol. The van der Waals surface area contributed by atoms with Crippen molar-refractivity contribution in [1.29, 1.82) is 0 Å². The zero-order valence-electron chi connectivity index (χ0n) is 25.1. The normalized spacial score (nSPS) is 22.8. The number of benzene rings is 1. The van der Waals surface area contributed by atoms with Gasteiger partial charge in [0.1, 0.15) is 5.69 Å². The molecule has 3 aromatic rings. The Balaban J connectivity index is 1.06.